The summed E-state index contributed by atoms with van der Waals surface area (Å²) in [5.74, 6) is 0.699. The molecule has 10 heteroatoms. The molecule has 1 aromatic carbocycles. The summed E-state index contributed by atoms with van der Waals surface area (Å²) in [5.41, 5.74) is 0.696. The first kappa shape index (κ1) is 21.8. The maximum absolute atomic E-state index is 12.8. The van der Waals surface area contributed by atoms with Crippen molar-refractivity contribution in [1.82, 2.24) is 19.8 Å². The van der Waals surface area contributed by atoms with E-state index in [2.05, 4.69) is 10.3 Å². The second-order valence-corrected chi connectivity index (χ2v) is 8.06. The minimum atomic E-state index is -0.302. The van der Waals surface area contributed by atoms with Gasteiger partial charge in [0.25, 0.3) is 5.91 Å². The highest BCUT2D eigenvalue weighted by molar-refractivity contribution is 8.26. The van der Waals surface area contributed by atoms with Crippen LogP contribution in [0.5, 0.6) is 11.5 Å². The molecule has 1 fully saturated rings. The van der Waals surface area contributed by atoms with E-state index in [9.17, 15) is 9.59 Å². The molecule has 2 amide bonds. The van der Waals surface area contributed by atoms with Crippen molar-refractivity contribution in [3.8, 4) is 11.5 Å². The fraction of sp³-hybridized carbons (Fsp3) is 0.300. The minimum absolute atomic E-state index is 0.109. The van der Waals surface area contributed by atoms with Crippen molar-refractivity contribution in [2.75, 3.05) is 27.3 Å². The van der Waals surface area contributed by atoms with Crippen LogP contribution in [0.4, 0.5) is 0 Å². The molecule has 1 aromatic heterocycles. The van der Waals surface area contributed by atoms with Crippen molar-refractivity contribution in [2.24, 2.45) is 0 Å². The van der Waals surface area contributed by atoms with Crippen LogP contribution in [-0.4, -0.2) is 57.9 Å². The molecule has 0 aliphatic carbocycles. The number of amides is 2. The number of nitrogens with one attached hydrogen (secondary N) is 1. The van der Waals surface area contributed by atoms with Crippen LogP contribution < -0.4 is 14.8 Å². The van der Waals surface area contributed by atoms with Crippen molar-refractivity contribution in [2.45, 2.75) is 13.0 Å². The Morgan fingerprint density at radius 2 is 2.17 bits per heavy atom. The number of aryl methyl sites for hydroxylation is 1. The Labute approximate surface area is 184 Å². The minimum Gasteiger partial charge on any atom is -0.497 e. The molecule has 3 rings (SSSR count). The molecule has 1 N–H and O–H groups in total. The number of thioether (sulfide) groups is 1. The molecule has 0 saturated carbocycles. The summed E-state index contributed by atoms with van der Waals surface area (Å²) in [5, 5.41) is 2.82. The Bertz CT molecular complexity index is 960. The number of hydrogen-bond donors (Lipinski definition) is 1. The topological polar surface area (TPSA) is 85.7 Å². The van der Waals surface area contributed by atoms with Gasteiger partial charge in [0.1, 0.15) is 22.4 Å². The van der Waals surface area contributed by atoms with E-state index < -0.39 is 0 Å². The van der Waals surface area contributed by atoms with Crippen molar-refractivity contribution in [1.29, 1.82) is 0 Å². The lowest BCUT2D eigenvalue weighted by Gasteiger charge is -2.14. The highest BCUT2D eigenvalue weighted by Gasteiger charge is 2.33. The Morgan fingerprint density at radius 3 is 2.87 bits per heavy atom. The fourth-order valence-corrected chi connectivity index (χ4v) is 4.08. The first-order valence-corrected chi connectivity index (χ1v) is 10.4. The number of ether oxygens (including phenoxy) is 2. The third-order valence-corrected chi connectivity index (χ3v) is 5.75. The van der Waals surface area contributed by atoms with Crippen molar-refractivity contribution in [3.63, 3.8) is 0 Å². The van der Waals surface area contributed by atoms with Gasteiger partial charge in [-0.15, -0.1) is 0 Å². The van der Waals surface area contributed by atoms with Crippen LogP contribution >= 0.6 is 24.0 Å². The first-order chi connectivity index (χ1) is 14.5. The van der Waals surface area contributed by atoms with Gasteiger partial charge in [-0.2, -0.15) is 0 Å². The number of methoxy groups -OCH3 is 2. The maximum atomic E-state index is 12.8. The van der Waals surface area contributed by atoms with Gasteiger partial charge in [-0.3, -0.25) is 14.5 Å². The maximum Gasteiger partial charge on any atom is 0.266 e. The average Bonchev–Trinajstić information content (AvgIpc) is 3.35. The van der Waals surface area contributed by atoms with Gasteiger partial charge in [0, 0.05) is 31.0 Å². The lowest BCUT2D eigenvalue weighted by Crippen LogP contribution is -2.39. The summed E-state index contributed by atoms with van der Waals surface area (Å²) in [6.45, 7) is 1.15. The Balaban J connectivity index is 1.59. The zero-order valence-corrected chi connectivity index (χ0v) is 18.3. The highest BCUT2D eigenvalue weighted by Crippen LogP contribution is 2.35. The summed E-state index contributed by atoms with van der Waals surface area (Å²) >= 11 is 6.47. The highest BCUT2D eigenvalue weighted by atomic mass is 32.2. The SMILES string of the molecule is COc1ccc(OC)c(C=C2SC(=S)N(CC(=O)NCCCn3ccnc3)C2=O)c1. The standard InChI is InChI=1S/C20H22N4O4S2/c1-27-15-4-5-16(28-2)14(10-15)11-17-19(26)24(20(29)30-17)12-18(25)22-6-3-8-23-9-7-21-13-23/h4-5,7,9-11,13H,3,6,8,12H2,1-2H3,(H,22,25). The van der Waals surface area contributed by atoms with Crippen molar-refractivity contribution < 1.29 is 19.1 Å². The number of nitrogens with zero attached hydrogens (tertiary/aromatic N) is 3. The number of hydrogen-bond acceptors (Lipinski definition) is 7. The smallest absolute Gasteiger partial charge is 0.266 e. The van der Waals surface area contributed by atoms with Crippen molar-refractivity contribution >= 4 is 46.2 Å². The molecule has 2 heterocycles. The molecule has 158 valence electrons. The molecule has 0 radical (unpaired) electrons. The van der Waals surface area contributed by atoms with E-state index in [0.29, 0.717) is 32.8 Å². The van der Waals surface area contributed by atoms with E-state index in [0.717, 1.165) is 24.7 Å². The zero-order chi connectivity index (χ0) is 21.5. The molecular weight excluding hydrogens is 424 g/mol. The molecule has 2 aromatic rings. The van der Waals surface area contributed by atoms with Gasteiger partial charge in [0.15, 0.2) is 0 Å². The van der Waals surface area contributed by atoms with Crippen LogP contribution in [0.1, 0.15) is 12.0 Å². The molecule has 1 aliphatic heterocycles. The van der Waals surface area contributed by atoms with Gasteiger partial charge >= 0.3 is 0 Å². The van der Waals surface area contributed by atoms with Gasteiger partial charge in [-0.25, -0.2) is 4.98 Å². The summed E-state index contributed by atoms with van der Waals surface area (Å²) < 4.78 is 12.9. The fourth-order valence-electron chi connectivity index (χ4n) is 2.84. The monoisotopic (exact) mass is 446 g/mol. The number of carbonyl (C=O) groups excluding carboxylic acids is 2. The Morgan fingerprint density at radius 1 is 1.33 bits per heavy atom. The molecule has 0 spiro atoms. The number of thiocarbonyl (C=S) groups is 1. The molecule has 8 nitrogen and oxygen atoms in total. The molecule has 0 atom stereocenters. The van der Waals surface area contributed by atoms with Crippen LogP contribution in [0.3, 0.4) is 0 Å². The number of carbonyl (C=O) groups is 2. The average molecular weight is 447 g/mol. The largest absolute Gasteiger partial charge is 0.497 e. The van der Waals surface area contributed by atoms with Gasteiger partial charge in [-0.05, 0) is 30.7 Å². The summed E-state index contributed by atoms with van der Waals surface area (Å²) in [6.07, 6.45) is 7.76. The summed E-state index contributed by atoms with van der Waals surface area (Å²) in [7, 11) is 3.13. The molecule has 0 unspecified atom stereocenters. The molecule has 30 heavy (non-hydrogen) atoms. The molecule has 1 aliphatic rings. The number of aromatic nitrogens is 2. The van der Waals surface area contributed by atoms with Crippen LogP contribution in [0.25, 0.3) is 6.08 Å². The predicted molar refractivity (Wildman–Crippen MR) is 119 cm³/mol. The molecule has 1 saturated heterocycles. The number of imidazole rings is 1. The van der Waals surface area contributed by atoms with Crippen LogP contribution in [0.15, 0.2) is 41.8 Å². The molecule has 0 bridgehead atoms. The van der Waals surface area contributed by atoms with Crippen LogP contribution in [-0.2, 0) is 16.1 Å². The summed E-state index contributed by atoms with van der Waals surface area (Å²) in [4.78, 5) is 30.7. The van der Waals surface area contributed by atoms with Gasteiger partial charge < -0.3 is 19.4 Å². The van der Waals surface area contributed by atoms with Crippen LogP contribution in [0, 0.1) is 0 Å². The normalized spacial score (nSPS) is 15.0. The first-order valence-electron chi connectivity index (χ1n) is 9.21. The lowest BCUT2D eigenvalue weighted by atomic mass is 10.1. The molecular formula is C20H22N4O4S2. The van der Waals surface area contributed by atoms with E-state index in [1.165, 1.54) is 4.90 Å². The van der Waals surface area contributed by atoms with Crippen molar-refractivity contribution in [3.05, 3.63) is 47.4 Å². The van der Waals surface area contributed by atoms with Gasteiger partial charge in [-0.1, -0.05) is 24.0 Å². The van der Waals surface area contributed by atoms with Gasteiger partial charge in [0.2, 0.25) is 5.91 Å². The van der Waals surface area contributed by atoms with E-state index in [4.69, 9.17) is 21.7 Å². The quantitative estimate of drug-likeness (QED) is 0.359. The van der Waals surface area contributed by atoms with E-state index in [1.54, 1.807) is 51.0 Å². The lowest BCUT2D eigenvalue weighted by molar-refractivity contribution is -0.128. The zero-order valence-electron chi connectivity index (χ0n) is 16.7. The third-order valence-electron chi connectivity index (χ3n) is 4.37. The number of rotatable bonds is 9. The Kier molecular flexibility index (Phi) is 7.47. The number of benzene rings is 1. The van der Waals surface area contributed by atoms with E-state index in [-0.39, 0.29) is 18.4 Å². The van der Waals surface area contributed by atoms with E-state index >= 15 is 0 Å². The second kappa shape index (κ2) is 10.3. The van der Waals surface area contributed by atoms with Gasteiger partial charge in [0.05, 0.1) is 25.5 Å². The predicted octanol–water partition coefficient (Wildman–Crippen LogP) is 2.31. The summed E-state index contributed by atoms with van der Waals surface area (Å²) in [6, 6.07) is 5.32. The Hall–Kier alpha value is -2.85. The van der Waals surface area contributed by atoms with E-state index in [1.807, 2.05) is 10.8 Å². The second-order valence-electron chi connectivity index (χ2n) is 6.38. The van der Waals surface area contributed by atoms with Crippen LogP contribution in [0.2, 0.25) is 0 Å². The third kappa shape index (κ3) is 5.39.